The van der Waals surface area contributed by atoms with E-state index in [1.165, 1.54) is 5.39 Å². The molecule has 0 aliphatic rings. The number of rotatable bonds is 3. The van der Waals surface area contributed by atoms with Crippen LogP contribution in [0.4, 0.5) is 5.69 Å². The monoisotopic (exact) mass is 281 g/mol. The van der Waals surface area contributed by atoms with E-state index >= 15 is 0 Å². The molecule has 0 atom stereocenters. The van der Waals surface area contributed by atoms with Crippen molar-refractivity contribution in [1.29, 1.82) is 5.26 Å². The Labute approximate surface area is 121 Å². The number of nitrogens with zero attached hydrogens (tertiary/aromatic N) is 1. The van der Waals surface area contributed by atoms with Gasteiger partial charge in [0.05, 0.1) is 11.3 Å². The van der Waals surface area contributed by atoms with Crippen molar-refractivity contribution in [3.63, 3.8) is 0 Å². The van der Waals surface area contributed by atoms with E-state index in [0.717, 1.165) is 16.8 Å². The SMILES string of the molecule is N#Cc1ccc(Cl)cc1NCc1ccc2cc[nH]c2c1. The van der Waals surface area contributed by atoms with E-state index in [-0.39, 0.29) is 0 Å². The minimum atomic E-state index is 0.593. The van der Waals surface area contributed by atoms with Gasteiger partial charge in [-0.25, -0.2) is 0 Å². The Morgan fingerprint density at radius 1 is 1.15 bits per heavy atom. The third-order valence-electron chi connectivity index (χ3n) is 3.20. The number of fused-ring (bicyclic) bond motifs is 1. The fraction of sp³-hybridized carbons (Fsp3) is 0.0625. The van der Waals surface area contributed by atoms with Crippen LogP contribution in [-0.4, -0.2) is 4.98 Å². The van der Waals surface area contributed by atoms with Gasteiger partial charge < -0.3 is 10.3 Å². The van der Waals surface area contributed by atoms with Crippen LogP contribution >= 0.6 is 11.6 Å². The van der Waals surface area contributed by atoms with Crippen LogP contribution < -0.4 is 5.32 Å². The number of hydrogen-bond donors (Lipinski definition) is 2. The van der Waals surface area contributed by atoms with Crippen molar-refractivity contribution in [3.8, 4) is 6.07 Å². The highest BCUT2D eigenvalue weighted by molar-refractivity contribution is 6.30. The second kappa shape index (κ2) is 5.28. The highest BCUT2D eigenvalue weighted by atomic mass is 35.5. The number of nitriles is 1. The Kier molecular flexibility index (Phi) is 3.32. The van der Waals surface area contributed by atoms with Crippen molar-refractivity contribution in [2.45, 2.75) is 6.54 Å². The fourth-order valence-corrected chi connectivity index (χ4v) is 2.33. The Morgan fingerprint density at radius 2 is 2.05 bits per heavy atom. The van der Waals surface area contributed by atoms with E-state index in [2.05, 4.69) is 34.6 Å². The van der Waals surface area contributed by atoms with Crippen LogP contribution in [0.2, 0.25) is 5.02 Å². The summed E-state index contributed by atoms with van der Waals surface area (Å²) in [6.07, 6.45) is 1.92. The molecule has 3 aromatic rings. The number of aromatic nitrogens is 1. The largest absolute Gasteiger partial charge is 0.380 e. The third kappa shape index (κ3) is 2.47. The van der Waals surface area contributed by atoms with Crippen LogP contribution in [0.15, 0.2) is 48.7 Å². The topological polar surface area (TPSA) is 51.6 Å². The number of hydrogen-bond acceptors (Lipinski definition) is 2. The summed E-state index contributed by atoms with van der Waals surface area (Å²) < 4.78 is 0. The molecule has 0 spiro atoms. The van der Waals surface area contributed by atoms with Gasteiger partial charge in [-0.1, -0.05) is 23.7 Å². The van der Waals surface area contributed by atoms with Gasteiger partial charge in [-0.15, -0.1) is 0 Å². The number of anilines is 1. The van der Waals surface area contributed by atoms with Crippen LogP contribution in [0.1, 0.15) is 11.1 Å². The Bertz CT molecular complexity index is 799. The smallest absolute Gasteiger partial charge is 0.101 e. The Balaban J connectivity index is 1.82. The molecule has 0 fully saturated rings. The van der Waals surface area contributed by atoms with Crippen molar-refractivity contribution < 1.29 is 0 Å². The van der Waals surface area contributed by atoms with Crippen molar-refractivity contribution in [1.82, 2.24) is 4.98 Å². The molecule has 0 bridgehead atoms. The normalized spacial score (nSPS) is 10.4. The zero-order chi connectivity index (χ0) is 13.9. The third-order valence-corrected chi connectivity index (χ3v) is 3.44. The highest BCUT2D eigenvalue weighted by Crippen LogP contribution is 2.21. The van der Waals surface area contributed by atoms with E-state index in [9.17, 15) is 0 Å². The van der Waals surface area contributed by atoms with Gasteiger partial charge >= 0.3 is 0 Å². The Morgan fingerprint density at radius 3 is 2.90 bits per heavy atom. The van der Waals surface area contributed by atoms with Crippen LogP contribution in [0.5, 0.6) is 0 Å². The van der Waals surface area contributed by atoms with E-state index in [4.69, 9.17) is 16.9 Å². The van der Waals surface area contributed by atoms with Gasteiger partial charge in [-0.3, -0.25) is 0 Å². The lowest BCUT2D eigenvalue weighted by Gasteiger charge is -2.09. The number of aromatic amines is 1. The summed E-state index contributed by atoms with van der Waals surface area (Å²) in [4.78, 5) is 3.19. The van der Waals surface area contributed by atoms with E-state index in [1.807, 2.05) is 12.3 Å². The van der Waals surface area contributed by atoms with Crippen molar-refractivity contribution >= 4 is 28.2 Å². The minimum absolute atomic E-state index is 0.593. The maximum Gasteiger partial charge on any atom is 0.101 e. The average Bonchev–Trinajstić information content (AvgIpc) is 2.92. The summed E-state index contributed by atoms with van der Waals surface area (Å²) in [5.41, 5.74) is 3.60. The summed E-state index contributed by atoms with van der Waals surface area (Å²) in [5.74, 6) is 0. The maximum atomic E-state index is 9.08. The molecule has 0 saturated carbocycles. The van der Waals surface area contributed by atoms with Gasteiger partial charge in [0.1, 0.15) is 6.07 Å². The quantitative estimate of drug-likeness (QED) is 0.752. The first-order valence-electron chi connectivity index (χ1n) is 6.26. The fourth-order valence-electron chi connectivity index (χ4n) is 2.16. The van der Waals surface area contributed by atoms with Gasteiger partial charge in [0, 0.05) is 23.3 Å². The van der Waals surface area contributed by atoms with Gasteiger partial charge in [0.15, 0.2) is 0 Å². The molecule has 3 rings (SSSR count). The lowest BCUT2D eigenvalue weighted by molar-refractivity contribution is 1.15. The predicted octanol–water partition coefficient (Wildman–Crippen LogP) is 4.31. The van der Waals surface area contributed by atoms with Crippen LogP contribution in [0.3, 0.4) is 0 Å². The molecule has 1 heterocycles. The number of benzene rings is 2. The molecule has 2 N–H and O–H groups in total. The van der Waals surface area contributed by atoms with E-state index in [1.54, 1.807) is 18.2 Å². The summed E-state index contributed by atoms with van der Waals surface area (Å²) in [5, 5.41) is 14.1. The van der Waals surface area contributed by atoms with Crippen molar-refractivity contribution in [2.75, 3.05) is 5.32 Å². The molecule has 3 nitrogen and oxygen atoms in total. The average molecular weight is 282 g/mol. The summed E-state index contributed by atoms with van der Waals surface area (Å²) in [7, 11) is 0. The van der Waals surface area contributed by atoms with Crippen LogP contribution in [-0.2, 0) is 6.54 Å². The van der Waals surface area contributed by atoms with Crippen molar-refractivity contribution in [3.05, 3.63) is 64.8 Å². The Hall–Kier alpha value is -2.44. The predicted molar refractivity (Wildman–Crippen MR) is 81.8 cm³/mol. The second-order valence-electron chi connectivity index (χ2n) is 4.55. The number of nitrogens with one attached hydrogen (secondary N) is 2. The van der Waals surface area contributed by atoms with E-state index < -0.39 is 0 Å². The van der Waals surface area contributed by atoms with Gasteiger partial charge in [-0.05, 0) is 41.3 Å². The minimum Gasteiger partial charge on any atom is -0.380 e. The summed E-state index contributed by atoms with van der Waals surface area (Å²) in [6, 6.07) is 15.6. The molecule has 0 aliphatic heterocycles. The van der Waals surface area contributed by atoms with Crippen LogP contribution in [0, 0.1) is 11.3 Å². The molecule has 0 amide bonds. The highest BCUT2D eigenvalue weighted by Gasteiger charge is 2.03. The zero-order valence-corrected chi connectivity index (χ0v) is 11.4. The van der Waals surface area contributed by atoms with Gasteiger partial charge in [-0.2, -0.15) is 5.26 Å². The molecular weight excluding hydrogens is 270 g/mol. The van der Waals surface area contributed by atoms with Crippen LogP contribution in [0.25, 0.3) is 10.9 Å². The molecular formula is C16H12ClN3. The second-order valence-corrected chi connectivity index (χ2v) is 4.99. The lowest BCUT2D eigenvalue weighted by Crippen LogP contribution is -2.01. The first-order valence-corrected chi connectivity index (χ1v) is 6.63. The first-order chi connectivity index (χ1) is 9.76. The number of halogens is 1. The molecule has 0 radical (unpaired) electrons. The molecule has 4 heteroatoms. The van der Waals surface area contributed by atoms with Gasteiger partial charge in [0.2, 0.25) is 0 Å². The summed E-state index contributed by atoms with van der Waals surface area (Å²) in [6.45, 7) is 0.643. The number of H-pyrrole nitrogens is 1. The molecule has 2 aromatic carbocycles. The molecule has 20 heavy (non-hydrogen) atoms. The summed E-state index contributed by atoms with van der Waals surface area (Å²) >= 11 is 5.96. The molecule has 0 unspecified atom stereocenters. The van der Waals surface area contributed by atoms with Gasteiger partial charge in [0.25, 0.3) is 0 Å². The standard InChI is InChI=1S/C16H12ClN3/c17-14-4-3-13(9-18)16(8-14)20-10-11-1-2-12-5-6-19-15(12)7-11/h1-8,19-20H,10H2. The molecule has 0 aliphatic carbocycles. The lowest BCUT2D eigenvalue weighted by atomic mass is 10.1. The molecule has 98 valence electrons. The van der Waals surface area contributed by atoms with E-state index in [0.29, 0.717) is 17.1 Å². The van der Waals surface area contributed by atoms with Crippen molar-refractivity contribution in [2.24, 2.45) is 0 Å². The molecule has 0 saturated heterocycles. The first kappa shape index (κ1) is 12.6. The zero-order valence-electron chi connectivity index (χ0n) is 10.7. The maximum absolute atomic E-state index is 9.08. The molecule has 1 aromatic heterocycles.